The molecule has 0 spiro atoms. The van der Waals surface area contributed by atoms with Gasteiger partial charge in [-0.15, -0.1) is 10.2 Å². The quantitative estimate of drug-likeness (QED) is 0.510. The number of aromatic nitrogens is 5. The number of pyridine rings is 1. The molecule has 3 heterocycles. The predicted molar refractivity (Wildman–Crippen MR) is 101 cm³/mol. The van der Waals surface area contributed by atoms with Crippen LogP contribution in [0.1, 0.15) is 17.1 Å². The first-order valence-electron chi connectivity index (χ1n) is 8.24. The van der Waals surface area contributed by atoms with E-state index in [1.54, 1.807) is 12.3 Å². The van der Waals surface area contributed by atoms with Crippen LogP contribution in [0.15, 0.2) is 70.7 Å². The number of thioether (sulfide) groups is 1. The highest BCUT2D eigenvalue weighted by molar-refractivity contribution is 7.98. The molecule has 4 aromatic rings. The van der Waals surface area contributed by atoms with Crippen molar-refractivity contribution in [3.05, 3.63) is 88.2 Å². The van der Waals surface area contributed by atoms with E-state index < -0.39 is 0 Å². The molecule has 0 amide bonds. The van der Waals surface area contributed by atoms with Gasteiger partial charge in [-0.2, -0.15) is 0 Å². The first-order chi connectivity index (χ1) is 12.7. The number of hydrogen-bond donors (Lipinski definition) is 0. The second-order valence-corrected chi connectivity index (χ2v) is 6.85. The van der Waals surface area contributed by atoms with Crippen LogP contribution in [0, 0.1) is 6.92 Å². The zero-order chi connectivity index (χ0) is 17.9. The third kappa shape index (κ3) is 3.39. The van der Waals surface area contributed by atoms with Crippen molar-refractivity contribution in [2.45, 2.75) is 24.4 Å². The molecule has 0 saturated heterocycles. The van der Waals surface area contributed by atoms with Crippen molar-refractivity contribution in [1.82, 2.24) is 24.1 Å². The zero-order valence-electron chi connectivity index (χ0n) is 14.2. The molecule has 130 valence electrons. The predicted octanol–water partition coefficient (Wildman–Crippen LogP) is 2.94. The molecule has 0 radical (unpaired) electrons. The van der Waals surface area contributed by atoms with E-state index in [1.165, 1.54) is 21.7 Å². The Morgan fingerprint density at radius 2 is 1.85 bits per heavy atom. The molecule has 3 aromatic heterocycles. The molecule has 6 nitrogen and oxygen atoms in total. The molecular formula is C19H17N5OS. The summed E-state index contributed by atoms with van der Waals surface area (Å²) >= 11 is 1.54. The third-order valence-electron chi connectivity index (χ3n) is 4.06. The highest BCUT2D eigenvalue weighted by Gasteiger charge is 2.11. The average molecular weight is 363 g/mol. The van der Waals surface area contributed by atoms with Crippen LogP contribution in [0.25, 0.3) is 5.65 Å². The number of hydrogen-bond acceptors (Lipinski definition) is 5. The van der Waals surface area contributed by atoms with Crippen LogP contribution >= 0.6 is 11.8 Å². The van der Waals surface area contributed by atoms with E-state index >= 15 is 0 Å². The van der Waals surface area contributed by atoms with Crippen molar-refractivity contribution in [1.29, 1.82) is 0 Å². The van der Waals surface area contributed by atoms with Gasteiger partial charge >= 0.3 is 0 Å². The summed E-state index contributed by atoms with van der Waals surface area (Å²) in [5, 5.41) is 9.30. The van der Waals surface area contributed by atoms with Gasteiger partial charge < -0.3 is 4.57 Å². The minimum Gasteiger partial charge on any atom is -0.302 e. The normalized spacial score (nSPS) is 11.1. The first kappa shape index (κ1) is 16.5. The van der Waals surface area contributed by atoms with E-state index in [-0.39, 0.29) is 5.56 Å². The second-order valence-electron chi connectivity index (χ2n) is 5.90. The Morgan fingerprint density at radius 3 is 2.69 bits per heavy atom. The van der Waals surface area contributed by atoms with E-state index in [2.05, 4.69) is 31.9 Å². The molecule has 0 atom stereocenters. The summed E-state index contributed by atoms with van der Waals surface area (Å²) < 4.78 is 3.62. The maximum Gasteiger partial charge on any atom is 0.258 e. The molecule has 0 N–H and O–H groups in total. The van der Waals surface area contributed by atoms with Gasteiger partial charge in [0, 0.05) is 18.0 Å². The number of aryl methyl sites for hydroxylation is 1. The summed E-state index contributed by atoms with van der Waals surface area (Å²) in [6.07, 6.45) is 1.72. The minimum absolute atomic E-state index is 0.0758. The zero-order valence-corrected chi connectivity index (χ0v) is 15.1. The maximum absolute atomic E-state index is 12.2. The number of nitrogens with zero attached hydrogens (tertiary/aromatic N) is 5. The van der Waals surface area contributed by atoms with Gasteiger partial charge in [-0.1, -0.05) is 48.2 Å². The molecule has 0 fully saturated rings. The van der Waals surface area contributed by atoms with Crippen LogP contribution in [0.3, 0.4) is 0 Å². The summed E-state index contributed by atoms with van der Waals surface area (Å²) in [6.45, 7) is 2.66. The monoisotopic (exact) mass is 363 g/mol. The van der Waals surface area contributed by atoms with Crippen LogP contribution in [0.2, 0.25) is 0 Å². The van der Waals surface area contributed by atoms with E-state index in [0.29, 0.717) is 11.4 Å². The van der Waals surface area contributed by atoms with E-state index in [0.717, 1.165) is 23.2 Å². The molecular weight excluding hydrogens is 346 g/mol. The minimum atomic E-state index is -0.0758. The van der Waals surface area contributed by atoms with Crippen molar-refractivity contribution >= 4 is 17.4 Å². The molecule has 0 aliphatic rings. The van der Waals surface area contributed by atoms with Gasteiger partial charge in [0.25, 0.3) is 5.56 Å². The van der Waals surface area contributed by atoms with Crippen LogP contribution in [0.4, 0.5) is 0 Å². The smallest absolute Gasteiger partial charge is 0.258 e. The highest BCUT2D eigenvalue weighted by Crippen LogP contribution is 2.22. The Bertz CT molecular complexity index is 1100. The molecule has 26 heavy (non-hydrogen) atoms. The highest BCUT2D eigenvalue weighted by atomic mass is 32.2. The fourth-order valence-corrected chi connectivity index (χ4v) is 3.61. The Kier molecular flexibility index (Phi) is 4.53. The Labute approximate surface area is 154 Å². The number of rotatable bonds is 5. The maximum atomic E-state index is 12.2. The lowest BCUT2D eigenvalue weighted by Gasteiger charge is -2.08. The Balaban J connectivity index is 1.56. The Hall–Kier alpha value is -2.93. The molecule has 4 rings (SSSR count). The van der Waals surface area contributed by atoms with Gasteiger partial charge in [-0.25, -0.2) is 4.98 Å². The molecule has 7 heteroatoms. The van der Waals surface area contributed by atoms with Crippen molar-refractivity contribution in [3.8, 4) is 0 Å². The SMILES string of the molecule is Cc1nnc(SCc2cc(=O)n3ccccc3n2)n1Cc1ccccc1. The summed E-state index contributed by atoms with van der Waals surface area (Å²) in [6, 6.07) is 17.3. The Morgan fingerprint density at radius 1 is 1.04 bits per heavy atom. The molecule has 0 aliphatic carbocycles. The topological polar surface area (TPSA) is 65.1 Å². The lowest BCUT2D eigenvalue weighted by atomic mass is 10.2. The number of fused-ring (bicyclic) bond motifs is 1. The van der Waals surface area contributed by atoms with Crippen molar-refractivity contribution in [2.75, 3.05) is 0 Å². The van der Waals surface area contributed by atoms with Crippen LogP contribution in [-0.2, 0) is 12.3 Å². The summed E-state index contributed by atoms with van der Waals surface area (Å²) in [4.78, 5) is 16.8. The molecule has 0 saturated carbocycles. The van der Waals surface area contributed by atoms with Gasteiger partial charge in [0.15, 0.2) is 5.16 Å². The summed E-state index contributed by atoms with van der Waals surface area (Å²) in [7, 11) is 0. The number of benzene rings is 1. The van der Waals surface area contributed by atoms with Gasteiger partial charge in [0.1, 0.15) is 11.5 Å². The lowest BCUT2D eigenvalue weighted by Crippen LogP contribution is -2.14. The summed E-state index contributed by atoms with van der Waals surface area (Å²) in [5.74, 6) is 1.43. The van der Waals surface area contributed by atoms with Crippen molar-refractivity contribution < 1.29 is 0 Å². The third-order valence-corrected chi connectivity index (χ3v) is 5.06. The van der Waals surface area contributed by atoms with E-state index in [9.17, 15) is 4.79 Å². The fraction of sp³-hybridized carbons (Fsp3) is 0.158. The standard InChI is InChI=1S/C19H17N5OS/c1-14-21-22-19(24(14)12-15-7-3-2-4-8-15)26-13-16-11-18(25)23-10-6-5-9-17(23)20-16/h2-11H,12-13H2,1H3. The van der Waals surface area contributed by atoms with E-state index in [1.807, 2.05) is 43.3 Å². The molecule has 0 unspecified atom stereocenters. The van der Waals surface area contributed by atoms with Gasteiger partial charge in [-0.05, 0) is 24.6 Å². The van der Waals surface area contributed by atoms with Gasteiger partial charge in [-0.3, -0.25) is 9.20 Å². The second kappa shape index (κ2) is 7.13. The van der Waals surface area contributed by atoms with Crippen molar-refractivity contribution in [3.63, 3.8) is 0 Å². The van der Waals surface area contributed by atoms with E-state index in [4.69, 9.17) is 0 Å². The van der Waals surface area contributed by atoms with Crippen LogP contribution in [-0.4, -0.2) is 24.1 Å². The first-order valence-corrected chi connectivity index (χ1v) is 9.23. The van der Waals surface area contributed by atoms with Crippen LogP contribution in [0.5, 0.6) is 0 Å². The van der Waals surface area contributed by atoms with Crippen LogP contribution < -0.4 is 5.56 Å². The molecule has 1 aromatic carbocycles. The van der Waals surface area contributed by atoms with Crippen molar-refractivity contribution in [2.24, 2.45) is 0 Å². The molecule has 0 aliphatic heterocycles. The molecule has 0 bridgehead atoms. The van der Waals surface area contributed by atoms with Gasteiger partial charge in [0.2, 0.25) is 0 Å². The fourth-order valence-electron chi connectivity index (χ4n) is 2.73. The largest absolute Gasteiger partial charge is 0.302 e. The summed E-state index contributed by atoms with van der Waals surface area (Å²) in [5.41, 5.74) is 2.50. The van der Waals surface area contributed by atoms with Gasteiger partial charge in [0.05, 0.1) is 12.2 Å². The lowest BCUT2D eigenvalue weighted by molar-refractivity contribution is 0.688. The average Bonchev–Trinajstić information content (AvgIpc) is 3.01.